The van der Waals surface area contributed by atoms with Gasteiger partial charge < -0.3 is 4.42 Å². The highest BCUT2D eigenvalue weighted by molar-refractivity contribution is 5.88. The molecule has 0 fully saturated rings. The molecule has 0 radical (unpaired) electrons. The molecule has 0 atom stereocenters. The van der Waals surface area contributed by atoms with E-state index in [-0.39, 0.29) is 0 Å². The molecule has 0 aliphatic carbocycles. The van der Waals surface area contributed by atoms with Crippen LogP contribution in [0.1, 0.15) is 11.1 Å². The summed E-state index contributed by atoms with van der Waals surface area (Å²) >= 11 is 0. The van der Waals surface area contributed by atoms with Crippen molar-refractivity contribution in [3.8, 4) is 11.3 Å². The van der Waals surface area contributed by atoms with E-state index in [1.54, 1.807) is 6.33 Å². The molecule has 146 valence electrons. The van der Waals surface area contributed by atoms with Crippen LogP contribution in [0.25, 0.3) is 33.2 Å². The normalized spacial score (nSPS) is 11.9. The fraction of sp³-hybridized carbons (Fsp3) is 0.0800. The third-order valence-electron chi connectivity index (χ3n) is 5.06. The van der Waals surface area contributed by atoms with Crippen molar-refractivity contribution in [3.63, 3.8) is 0 Å². The van der Waals surface area contributed by atoms with Gasteiger partial charge in [0.25, 0.3) is 0 Å². The summed E-state index contributed by atoms with van der Waals surface area (Å²) in [4.78, 5) is 8.69. The van der Waals surface area contributed by atoms with Crippen molar-refractivity contribution in [2.75, 3.05) is 5.43 Å². The van der Waals surface area contributed by atoms with E-state index >= 15 is 0 Å². The average molecular weight is 392 g/mol. The summed E-state index contributed by atoms with van der Waals surface area (Å²) in [6.07, 6.45) is 1.54. The zero-order chi connectivity index (χ0) is 20.5. The van der Waals surface area contributed by atoms with Crippen LogP contribution in [0.5, 0.6) is 0 Å². The topological polar surface area (TPSA) is 63.3 Å². The van der Waals surface area contributed by atoms with Gasteiger partial charge in [0.05, 0.1) is 10.9 Å². The van der Waals surface area contributed by atoms with Crippen LogP contribution in [0.2, 0.25) is 0 Å². The van der Waals surface area contributed by atoms with Crippen molar-refractivity contribution in [3.05, 3.63) is 95.6 Å². The van der Waals surface area contributed by atoms with Gasteiger partial charge in [0.2, 0.25) is 0 Å². The second-order valence-corrected chi connectivity index (χ2v) is 7.28. The Bertz CT molecular complexity index is 1430. The van der Waals surface area contributed by atoms with E-state index in [1.807, 2.05) is 60.7 Å². The van der Waals surface area contributed by atoms with Crippen molar-refractivity contribution in [2.24, 2.45) is 5.10 Å². The SMILES string of the molecule is Cc1cc(C)c2oc(-c3ccccc3)cc(=NNc3ncnc4ccccc34)c2c1. The first-order chi connectivity index (χ1) is 14.7. The molecule has 1 N–H and O–H groups in total. The van der Waals surface area contributed by atoms with Crippen molar-refractivity contribution >= 4 is 27.7 Å². The molecule has 0 saturated carbocycles. The molecule has 5 nitrogen and oxygen atoms in total. The molecule has 5 rings (SSSR count). The number of para-hydroxylation sites is 1. The summed E-state index contributed by atoms with van der Waals surface area (Å²) in [5.41, 5.74) is 8.08. The first kappa shape index (κ1) is 18.1. The first-order valence-corrected chi connectivity index (χ1v) is 9.79. The van der Waals surface area contributed by atoms with E-state index < -0.39 is 0 Å². The lowest BCUT2D eigenvalue weighted by molar-refractivity contribution is 0.615. The molecule has 0 bridgehead atoms. The Morgan fingerprint density at radius 1 is 0.833 bits per heavy atom. The molecule has 2 heterocycles. The molecule has 0 aliphatic rings. The molecule has 0 unspecified atom stereocenters. The van der Waals surface area contributed by atoms with Gasteiger partial charge in [-0.15, -0.1) is 0 Å². The quantitative estimate of drug-likeness (QED) is 0.407. The summed E-state index contributed by atoms with van der Waals surface area (Å²) in [7, 11) is 0. The molecular formula is C25H20N4O. The smallest absolute Gasteiger partial charge is 0.157 e. The number of aryl methyl sites for hydroxylation is 2. The Balaban J connectivity index is 1.72. The summed E-state index contributed by atoms with van der Waals surface area (Å²) in [5.74, 6) is 1.43. The minimum absolute atomic E-state index is 0.667. The van der Waals surface area contributed by atoms with Crippen molar-refractivity contribution in [1.29, 1.82) is 0 Å². The third kappa shape index (κ3) is 3.31. The van der Waals surface area contributed by atoms with Gasteiger partial charge in [-0.25, -0.2) is 9.97 Å². The maximum atomic E-state index is 6.28. The highest BCUT2D eigenvalue weighted by Gasteiger charge is 2.09. The lowest BCUT2D eigenvalue weighted by Gasteiger charge is -2.09. The molecule has 0 saturated heterocycles. The van der Waals surface area contributed by atoms with Crippen LogP contribution in [-0.4, -0.2) is 9.97 Å². The van der Waals surface area contributed by atoms with Gasteiger partial charge >= 0.3 is 0 Å². The number of hydrogen-bond donors (Lipinski definition) is 1. The molecule has 5 aromatic rings. The zero-order valence-electron chi connectivity index (χ0n) is 16.8. The monoisotopic (exact) mass is 392 g/mol. The highest BCUT2D eigenvalue weighted by atomic mass is 16.3. The molecule has 3 aromatic carbocycles. The van der Waals surface area contributed by atoms with Gasteiger partial charge in [-0.1, -0.05) is 48.5 Å². The van der Waals surface area contributed by atoms with Gasteiger partial charge in [0.1, 0.15) is 17.7 Å². The molecular weight excluding hydrogens is 372 g/mol. The van der Waals surface area contributed by atoms with E-state index in [0.717, 1.165) is 49.7 Å². The standard InChI is InChI=1S/C25H20N4O/c1-16-12-17(2)24-20(13-16)22(14-23(30-24)18-8-4-3-5-9-18)28-29-25-19-10-6-7-11-21(19)26-15-27-25/h3-15H,1-2H3,(H,26,27,29). The lowest BCUT2D eigenvalue weighted by atomic mass is 10.1. The van der Waals surface area contributed by atoms with Crippen LogP contribution in [0.4, 0.5) is 5.82 Å². The molecule has 0 aliphatic heterocycles. The van der Waals surface area contributed by atoms with Gasteiger partial charge in [0, 0.05) is 22.4 Å². The van der Waals surface area contributed by atoms with E-state index in [2.05, 4.69) is 41.4 Å². The van der Waals surface area contributed by atoms with Crippen LogP contribution in [0, 0.1) is 13.8 Å². The van der Waals surface area contributed by atoms with Crippen LogP contribution in [0.15, 0.2) is 88.6 Å². The average Bonchev–Trinajstić information content (AvgIpc) is 2.78. The second-order valence-electron chi connectivity index (χ2n) is 7.28. The predicted octanol–water partition coefficient (Wildman–Crippen LogP) is 5.59. The van der Waals surface area contributed by atoms with Gasteiger partial charge in [-0.05, 0) is 43.2 Å². The fourth-order valence-electron chi connectivity index (χ4n) is 3.67. The number of hydrogen-bond acceptors (Lipinski definition) is 5. The molecule has 0 spiro atoms. The number of rotatable bonds is 3. The highest BCUT2D eigenvalue weighted by Crippen LogP contribution is 2.25. The van der Waals surface area contributed by atoms with Gasteiger partial charge in [-0.2, -0.15) is 5.10 Å². The summed E-state index contributed by atoms with van der Waals surface area (Å²) < 4.78 is 6.28. The number of nitrogens with zero attached hydrogens (tertiary/aromatic N) is 3. The predicted molar refractivity (Wildman–Crippen MR) is 120 cm³/mol. The van der Waals surface area contributed by atoms with E-state index in [1.165, 1.54) is 0 Å². The van der Waals surface area contributed by atoms with E-state index in [9.17, 15) is 0 Å². The van der Waals surface area contributed by atoms with Crippen LogP contribution in [-0.2, 0) is 0 Å². The van der Waals surface area contributed by atoms with Gasteiger partial charge in [0.15, 0.2) is 5.82 Å². The van der Waals surface area contributed by atoms with Crippen molar-refractivity contribution in [2.45, 2.75) is 13.8 Å². The summed E-state index contributed by atoms with van der Waals surface area (Å²) in [6, 6.07) is 24.1. The Hall–Kier alpha value is -3.99. The van der Waals surface area contributed by atoms with Crippen LogP contribution >= 0.6 is 0 Å². The van der Waals surface area contributed by atoms with E-state index in [0.29, 0.717) is 5.82 Å². The summed E-state index contributed by atoms with van der Waals surface area (Å²) in [6.45, 7) is 4.13. The Morgan fingerprint density at radius 3 is 2.50 bits per heavy atom. The maximum absolute atomic E-state index is 6.28. The Morgan fingerprint density at radius 2 is 1.63 bits per heavy atom. The zero-order valence-corrected chi connectivity index (χ0v) is 16.8. The number of nitrogens with one attached hydrogen (secondary N) is 1. The minimum Gasteiger partial charge on any atom is -0.456 e. The maximum Gasteiger partial charge on any atom is 0.157 e. The lowest BCUT2D eigenvalue weighted by Crippen LogP contribution is -2.09. The van der Waals surface area contributed by atoms with Crippen molar-refractivity contribution in [1.82, 2.24) is 9.97 Å². The van der Waals surface area contributed by atoms with Crippen LogP contribution < -0.4 is 10.8 Å². The molecule has 0 amide bonds. The Labute approximate surface area is 173 Å². The largest absolute Gasteiger partial charge is 0.456 e. The number of anilines is 1. The Kier molecular flexibility index (Phi) is 4.48. The minimum atomic E-state index is 0.667. The number of fused-ring (bicyclic) bond motifs is 2. The van der Waals surface area contributed by atoms with Crippen molar-refractivity contribution < 1.29 is 4.42 Å². The van der Waals surface area contributed by atoms with Crippen LogP contribution in [0.3, 0.4) is 0 Å². The summed E-state index contributed by atoms with van der Waals surface area (Å²) in [5, 5.41) is 7.40. The number of aromatic nitrogens is 2. The first-order valence-electron chi connectivity index (χ1n) is 9.79. The molecule has 2 aromatic heterocycles. The second kappa shape index (κ2) is 7.44. The molecule has 30 heavy (non-hydrogen) atoms. The fourth-order valence-corrected chi connectivity index (χ4v) is 3.67. The van der Waals surface area contributed by atoms with Gasteiger partial charge in [-0.3, -0.25) is 5.43 Å². The van der Waals surface area contributed by atoms with E-state index in [4.69, 9.17) is 9.52 Å². The molecule has 5 heteroatoms. The third-order valence-corrected chi connectivity index (χ3v) is 5.06. The number of benzene rings is 3.